The minimum absolute atomic E-state index is 0.386. The average Bonchev–Trinajstić information content (AvgIpc) is 2.59. The number of aliphatic imine (C=N–C) groups is 1. The Labute approximate surface area is 144 Å². The summed E-state index contributed by atoms with van der Waals surface area (Å²) in [5.41, 5.74) is 2.33. The zero-order valence-corrected chi connectivity index (χ0v) is 14.7. The van der Waals surface area contributed by atoms with E-state index >= 15 is 0 Å². The highest BCUT2D eigenvalue weighted by atomic mass is 16.3. The minimum Gasteiger partial charge on any atom is -0.384 e. The van der Waals surface area contributed by atoms with E-state index in [0.717, 1.165) is 17.7 Å². The molecule has 0 fully saturated rings. The minimum atomic E-state index is -0.957. The van der Waals surface area contributed by atoms with Crippen molar-refractivity contribution in [1.82, 2.24) is 10.6 Å². The zero-order valence-electron chi connectivity index (χ0n) is 14.7. The number of hydrogen-bond donors (Lipinski definition) is 3. The SMILES string of the molecule is CCNC(=NCc1ccc(C)cc1)NCC(C)(O)c1ccccc1. The Morgan fingerprint density at radius 3 is 2.33 bits per heavy atom. The monoisotopic (exact) mass is 325 g/mol. The number of hydrogen-bond acceptors (Lipinski definition) is 2. The molecule has 0 radical (unpaired) electrons. The highest BCUT2D eigenvalue weighted by Gasteiger charge is 2.22. The number of nitrogens with one attached hydrogen (secondary N) is 2. The molecule has 0 heterocycles. The number of nitrogens with zero attached hydrogens (tertiary/aromatic N) is 1. The van der Waals surface area contributed by atoms with Crippen molar-refractivity contribution < 1.29 is 5.11 Å². The first-order valence-electron chi connectivity index (χ1n) is 8.37. The highest BCUT2D eigenvalue weighted by molar-refractivity contribution is 5.79. The lowest BCUT2D eigenvalue weighted by molar-refractivity contribution is 0.0617. The van der Waals surface area contributed by atoms with Crippen LogP contribution >= 0.6 is 0 Å². The van der Waals surface area contributed by atoms with E-state index in [0.29, 0.717) is 19.0 Å². The van der Waals surface area contributed by atoms with E-state index in [1.807, 2.05) is 37.3 Å². The Bertz CT molecular complexity index is 648. The van der Waals surface area contributed by atoms with Crippen LogP contribution in [0.1, 0.15) is 30.5 Å². The van der Waals surface area contributed by atoms with Crippen LogP contribution < -0.4 is 10.6 Å². The second-order valence-corrected chi connectivity index (χ2v) is 6.17. The number of aliphatic hydroxyl groups is 1. The quantitative estimate of drug-likeness (QED) is 0.565. The molecule has 0 bridgehead atoms. The molecule has 0 aromatic heterocycles. The summed E-state index contributed by atoms with van der Waals surface area (Å²) in [7, 11) is 0. The van der Waals surface area contributed by atoms with Crippen LogP contribution in [-0.4, -0.2) is 24.2 Å². The van der Waals surface area contributed by atoms with Crippen LogP contribution in [0, 0.1) is 6.92 Å². The van der Waals surface area contributed by atoms with E-state index in [4.69, 9.17) is 0 Å². The predicted octanol–water partition coefficient (Wildman–Crippen LogP) is 2.96. The fourth-order valence-corrected chi connectivity index (χ4v) is 2.36. The van der Waals surface area contributed by atoms with Gasteiger partial charge in [-0.15, -0.1) is 0 Å². The largest absolute Gasteiger partial charge is 0.384 e. The molecular formula is C20H27N3O. The summed E-state index contributed by atoms with van der Waals surface area (Å²) >= 11 is 0. The zero-order chi connectivity index (χ0) is 17.4. The summed E-state index contributed by atoms with van der Waals surface area (Å²) in [5, 5.41) is 17.1. The van der Waals surface area contributed by atoms with E-state index < -0.39 is 5.60 Å². The maximum atomic E-state index is 10.7. The summed E-state index contributed by atoms with van der Waals surface area (Å²) in [4.78, 5) is 4.59. The van der Waals surface area contributed by atoms with Gasteiger partial charge in [0.05, 0.1) is 13.1 Å². The Morgan fingerprint density at radius 2 is 1.71 bits per heavy atom. The van der Waals surface area contributed by atoms with Crippen molar-refractivity contribution in [3.05, 3.63) is 71.3 Å². The van der Waals surface area contributed by atoms with Crippen molar-refractivity contribution in [2.24, 2.45) is 4.99 Å². The van der Waals surface area contributed by atoms with Gasteiger partial charge in [0.15, 0.2) is 5.96 Å². The first-order chi connectivity index (χ1) is 11.5. The molecule has 1 atom stereocenters. The molecule has 4 heteroatoms. The predicted molar refractivity (Wildman–Crippen MR) is 100 cm³/mol. The van der Waals surface area contributed by atoms with Gasteiger partial charge >= 0.3 is 0 Å². The molecule has 0 aliphatic rings. The summed E-state index contributed by atoms with van der Waals surface area (Å²) in [6, 6.07) is 18.0. The molecule has 4 nitrogen and oxygen atoms in total. The van der Waals surface area contributed by atoms with E-state index in [1.165, 1.54) is 5.56 Å². The van der Waals surface area contributed by atoms with Gasteiger partial charge in [0.1, 0.15) is 5.60 Å². The van der Waals surface area contributed by atoms with Gasteiger partial charge in [0, 0.05) is 6.54 Å². The van der Waals surface area contributed by atoms with Gasteiger partial charge in [0.25, 0.3) is 0 Å². The Balaban J connectivity index is 2.00. The third kappa shape index (κ3) is 5.39. The molecule has 2 rings (SSSR count). The van der Waals surface area contributed by atoms with Crippen LogP contribution in [-0.2, 0) is 12.1 Å². The Hall–Kier alpha value is -2.33. The van der Waals surface area contributed by atoms with E-state index in [1.54, 1.807) is 6.92 Å². The van der Waals surface area contributed by atoms with Gasteiger partial charge < -0.3 is 15.7 Å². The molecule has 0 saturated heterocycles. The molecule has 0 amide bonds. The maximum absolute atomic E-state index is 10.7. The smallest absolute Gasteiger partial charge is 0.191 e. The van der Waals surface area contributed by atoms with E-state index in [-0.39, 0.29) is 0 Å². The van der Waals surface area contributed by atoms with Crippen LogP contribution in [0.15, 0.2) is 59.6 Å². The van der Waals surface area contributed by atoms with Crippen molar-refractivity contribution >= 4 is 5.96 Å². The lowest BCUT2D eigenvalue weighted by Crippen LogP contribution is -2.44. The Morgan fingerprint density at radius 1 is 1.04 bits per heavy atom. The number of aryl methyl sites for hydroxylation is 1. The summed E-state index contributed by atoms with van der Waals surface area (Å²) in [5.74, 6) is 0.703. The van der Waals surface area contributed by atoms with Crippen molar-refractivity contribution in [1.29, 1.82) is 0 Å². The highest BCUT2D eigenvalue weighted by Crippen LogP contribution is 2.18. The van der Waals surface area contributed by atoms with Gasteiger partial charge in [-0.2, -0.15) is 0 Å². The van der Waals surface area contributed by atoms with Gasteiger partial charge in [-0.3, -0.25) is 0 Å². The van der Waals surface area contributed by atoms with Crippen LogP contribution in [0.3, 0.4) is 0 Å². The van der Waals surface area contributed by atoms with Crippen LogP contribution in [0.5, 0.6) is 0 Å². The fourth-order valence-electron chi connectivity index (χ4n) is 2.36. The number of benzene rings is 2. The van der Waals surface area contributed by atoms with Crippen molar-refractivity contribution in [3.63, 3.8) is 0 Å². The van der Waals surface area contributed by atoms with Gasteiger partial charge in [-0.05, 0) is 31.9 Å². The number of rotatable bonds is 6. The topological polar surface area (TPSA) is 56.7 Å². The second kappa shape index (κ2) is 8.50. The lowest BCUT2D eigenvalue weighted by Gasteiger charge is -2.25. The molecule has 0 aliphatic carbocycles. The van der Waals surface area contributed by atoms with Gasteiger partial charge in [-0.1, -0.05) is 60.2 Å². The molecule has 2 aromatic carbocycles. The van der Waals surface area contributed by atoms with Crippen LogP contribution in [0.4, 0.5) is 0 Å². The molecule has 1 unspecified atom stereocenters. The summed E-state index contributed by atoms with van der Waals surface area (Å²) in [6.07, 6.45) is 0. The maximum Gasteiger partial charge on any atom is 0.191 e. The average molecular weight is 325 g/mol. The molecule has 128 valence electrons. The number of guanidine groups is 1. The molecule has 3 N–H and O–H groups in total. The van der Waals surface area contributed by atoms with E-state index in [9.17, 15) is 5.11 Å². The first-order valence-corrected chi connectivity index (χ1v) is 8.37. The summed E-state index contributed by atoms with van der Waals surface area (Å²) < 4.78 is 0. The lowest BCUT2D eigenvalue weighted by atomic mass is 9.96. The van der Waals surface area contributed by atoms with Gasteiger partial charge in [0.2, 0.25) is 0 Å². The van der Waals surface area contributed by atoms with E-state index in [2.05, 4.69) is 46.8 Å². The first kappa shape index (κ1) is 18.0. The second-order valence-electron chi connectivity index (χ2n) is 6.17. The van der Waals surface area contributed by atoms with Crippen molar-refractivity contribution in [3.8, 4) is 0 Å². The Kier molecular flexibility index (Phi) is 6.38. The van der Waals surface area contributed by atoms with Crippen molar-refractivity contribution in [2.75, 3.05) is 13.1 Å². The molecule has 0 spiro atoms. The third-order valence-corrected chi connectivity index (χ3v) is 3.88. The van der Waals surface area contributed by atoms with Crippen molar-refractivity contribution in [2.45, 2.75) is 32.9 Å². The fraction of sp³-hybridized carbons (Fsp3) is 0.350. The molecule has 24 heavy (non-hydrogen) atoms. The molecular weight excluding hydrogens is 298 g/mol. The van der Waals surface area contributed by atoms with Crippen LogP contribution in [0.25, 0.3) is 0 Å². The standard InChI is InChI=1S/C20H27N3O/c1-4-21-19(22-14-17-12-10-16(2)11-13-17)23-15-20(3,24)18-8-6-5-7-9-18/h5-13,24H,4,14-15H2,1-3H3,(H2,21,22,23). The normalized spacial score (nSPS) is 14.1. The summed E-state index contributed by atoms with van der Waals surface area (Å²) in [6.45, 7) is 7.66. The van der Waals surface area contributed by atoms with Crippen LogP contribution in [0.2, 0.25) is 0 Å². The molecule has 0 aliphatic heterocycles. The molecule has 0 saturated carbocycles. The third-order valence-electron chi connectivity index (χ3n) is 3.88. The van der Waals surface area contributed by atoms with Gasteiger partial charge in [-0.25, -0.2) is 4.99 Å². The molecule has 2 aromatic rings.